The van der Waals surface area contributed by atoms with Gasteiger partial charge in [-0.15, -0.1) is 0 Å². The van der Waals surface area contributed by atoms with Gasteiger partial charge in [0.25, 0.3) is 0 Å². The number of piperidine rings is 1. The summed E-state index contributed by atoms with van der Waals surface area (Å²) in [5.74, 6) is 0.129. The highest BCUT2D eigenvalue weighted by molar-refractivity contribution is 7.89. The van der Waals surface area contributed by atoms with Gasteiger partial charge in [0, 0.05) is 94.2 Å². The summed E-state index contributed by atoms with van der Waals surface area (Å²) < 4.78 is 45.8. The first-order valence-corrected chi connectivity index (χ1v) is 21.8. The van der Waals surface area contributed by atoms with Gasteiger partial charge in [-0.2, -0.15) is 8.88 Å². The first-order chi connectivity index (χ1) is 29.8. The molecule has 9 heteroatoms. The third-order valence-corrected chi connectivity index (χ3v) is 13.0. The number of hydrogen-bond acceptors (Lipinski definition) is 6. The van der Waals surface area contributed by atoms with Gasteiger partial charge in [0.05, 0.1) is 11.0 Å². The minimum Gasteiger partial charge on any atom is -0.459 e. The van der Waals surface area contributed by atoms with Crippen LogP contribution in [0.4, 0.5) is 28.4 Å². The zero-order chi connectivity index (χ0) is 41.9. The van der Waals surface area contributed by atoms with Crippen molar-refractivity contribution in [3.05, 3.63) is 200 Å². The topological polar surface area (TPSA) is 83.1 Å². The fourth-order valence-electron chi connectivity index (χ4n) is 8.12. The maximum atomic E-state index is 14.8. The van der Waals surface area contributed by atoms with Crippen molar-refractivity contribution < 1.29 is 22.4 Å². The lowest BCUT2D eigenvalue weighted by atomic mass is 9.93. The van der Waals surface area contributed by atoms with Gasteiger partial charge in [-0.1, -0.05) is 97.6 Å². The van der Waals surface area contributed by atoms with Crippen LogP contribution in [-0.2, 0) is 19.6 Å². The highest BCUT2D eigenvalue weighted by atomic mass is 32.2. The van der Waals surface area contributed by atoms with E-state index >= 15 is 0 Å². The van der Waals surface area contributed by atoms with Crippen LogP contribution in [0.5, 0.6) is 0 Å². The summed E-state index contributed by atoms with van der Waals surface area (Å²) in [6, 6.07) is 60.2. The molecule has 302 valence electrons. The third kappa shape index (κ3) is 7.89. The normalized spacial score (nSPS) is 13.5. The molecule has 0 aromatic heterocycles. The number of benzene rings is 7. The van der Waals surface area contributed by atoms with Crippen molar-refractivity contribution in [1.82, 2.24) is 8.88 Å². The Hall–Kier alpha value is -7.07. The van der Waals surface area contributed by atoms with Crippen molar-refractivity contribution in [1.29, 1.82) is 0 Å². The van der Waals surface area contributed by atoms with E-state index in [0.717, 1.165) is 50.3 Å². The van der Waals surface area contributed by atoms with Gasteiger partial charge in [-0.25, -0.2) is 13.2 Å². The fraction of sp³-hybridized carbons (Fsp3) is 0.115. The summed E-state index contributed by atoms with van der Waals surface area (Å²) in [4.78, 5) is 14.6. The highest BCUT2D eigenvalue weighted by Gasteiger charge is 2.34. The number of rotatable bonds is 10. The Morgan fingerprint density at radius 1 is 0.672 bits per heavy atom. The number of esters is 1. The van der Waals surface area contributed by atoms with Crippen molar-refractivity contribution in [3.8, 4) is 22.5 Å². The van der Waals surface area contributed by atoms with Crippen molar-refractivity contribution in [3.63, 3.8) is 0 Å². The number of nitrogens with zero attached hydrogens (tertiary/aromatic N) is 3. The van der Waals surface area contributed by atoms with E-state index < -0.39 is 16.0 Å². The number of ether oxygens (including phenoxy) is 1. The quantitative estimate of drug-likeness (QED) is 0.0591. The van der Waals surface area contributed by atoms with E-state index in [-0.39, 0.29) is 24.1 Å². The van der Waals surface area contributed by atoms with Gasteiger partial charge in [0.2, 0.25) is 26.8 Å². The lowest BCUT2D eigenvalue weighted by molar-refractivity contribution is -0.145. The largest absolute Gasteiger partial charge is 0.459 e. The lowest BCUT2D eigenvalue weighted by Crippen LogP contribution is -2.41. The van der Waals surface area contributed by atoms with Crippen LogP contribution in [0.2, 0.25) is 0 Å². The summed E-state index contributed by atoms with van der Waals surface area (Å²) in [6.07, 6.45) is 0.400. The number of carbonyl (C=O) groups is 1. The van der Waals surface area contributed by atoms with Crippen LogP contribution < -0.4 is 14.8 Å². The molecule has 2 aliphatic heterocycles. The molecule has 0 amide bonds. The molecule has 0 atom stereocenters. The van der Waals surface area contributed by atoms with E-state index in [1.165, 1.54) is 4.31 Å². The molecule has 61 heavy (non-hydrogen) atoms. The molecule has 1 aliphatic carbocycles. The van der Waals surface area contributed by atoms with E-state index in [4.69, 9.17) is 9.15 Å². The van der Waals surface area contributed by atoms with Gasteiger partial charge < -0.3 is 14.1 Å². The van der Waals surface area contributed by atoms with Gasteiger partial charge in [-0.3, -0.25) is 0 Å². The Balaban J connectivity index is 1.26. The molecule has 1 fully saturated rings. The Bertz CT molecular complexity index is 2940. The van der Waals surface area contributed by atoms with Crippen LogP contribution >= 0.6 is 0 Å². The first-order valence-electron chi connectivity index (χ1n) is 20.4. The van der Waals surface area contributed by atoms with Gasteiger partial charge in [-0.05, 0) is 68.3 Å². The number of carbonyl (C=O) groups excluding carboxylic acids is 1. The SMILES string of the molecule is C=C(C)C(=O)OC1CCN(S(=O)(=O)c2ccccc2-c2c3ccc(=[N+](c4ccccc4)c4ccccc4)cc-3oc3cc(N(c4ccccc4)c4ccccc4)ccc23)CC1. The van der Waals surface area contributed by atoms with Crippen molar-refractivity contribution in [2.75, 3.05) is 18.0 Å². The maximum Gasteiger partial charge on any atom is 0.333 e. The molecule has 0 spiro atoms. The molecular weight excluding hydrogens is 779 g/mol. The van der Waals surface area contributed by atoms with Crippen molar-refractivity contribution in [2.24, 2.45) is 0 Å². The molecule has 0 radical (unpaired) electrons. The second-order valence-corrected chi connectivity index (χ2v) is 17.0. The summed E-state index contributed by atoms with van der Waals surface area (Å²) in [7, 11) is -4.01. The predicted octanol–water partition coefficient (Wildman–Crippen LogP) is 11.4. The number of sulfonamides is 1. The zero-order valence-corrected chi connectivity index (χ0v) is 34.5. The van der Waals surface area contributed by atoms with Crippen molar-refractivity contribution >= 4 is 55.4 Å². The van der Waals surface area contributed by atoms with Crippen LogP contribution in [0.15, 0.2) is 203 Å². The molecule has 0 unspecified atom stereocenters. The van der Waals surface area contributed by atoms with Gasteiger partial charge in [0.1, 0.15) is 17.4 Å². The highest BCUT2D eigenvalue weighted by Crippen LogP contribution is 2.45. The maximum absolute atomic E-state index is 14.8. The van der Waals surface area contributed by atoms with Gasteiger partial charge >= 0.3 is 5.97 Å². The monoisotopic (exact) mass is 822 g/mol. The molecule has 9 rings (SSSR count). The minimum absolute atomic E-state index is 0.194. The van der Waals surface area contributed by atoms with Crippen molar-refractivity contribution in [2.45, 2.75) is 30.8 Å². The molecule has 0 N–H and O–H groups in total. The minimum atomic E-state index is -4.01. The summed E-state index contributed by atoms with van der Waals surface area (Å²) in [5.41, 5.74) is 7.78. The average Bonchev–Trinajstić information content (AvgIpc) is 3.30. The van der Waals surface area contributed by atoms with E-state index in [2.05, 4.69) is 76.7 Å². The van der Waals surface area contributed by atoms with Crippen LogP contribution in [0, 0.1) is 0 Å². The van der Waals surface area contributed by atoms with E-state index in [1.807, 2.05) is 109 Å². The zero-order valence-electron chi connectivity index (χ0n) is 33.7. The number of hydrogen-bond donors (Lipinski definition) is 0. The molecule has 3 aliphatic rings. The van der Waals surface area contributed by atoms with E-state index in [9.17, 15) is 13.2 Å². The van der Waals surface area contributed by atoms with Crippen LogP contribution in [0.1, 0.15) is 19.8 Å². The standard InChI is InChI=1S/C52H44N3O5S/c1-37(2)52(56)59-44-31-33-53(34-32-44)61(57,58)50-26-16-15-25-47(50)51-45-29-27-42(54(38-17-7-3-8-18-38)39-19-9-4-10-20-39)35-48(45)60-49-36-43(28-30-46(49)51)55(40-21-11-5-12-22-40)41-23-13-6-14-24-41/h3-30,35-36,44H,1,31-34H2,2H3/q+1. The molecule has 6 aromatic carbocycles. The predicted molar refractivity (Wildman–Crippen MR) is 243 cm³/mol. The Kier molecular flexibility index (Phi) is 10.9. The van der Waals surface area contributed by atoms with Crippen LogP contribution in [0.25, 0.3) is 33.4 Å². The first kappa shape index (κ1) is 39.4. The Labute approximate surface area is 355 Å². The second kappa shape index (κ2) is 16.9. The number of anilines is 3. The lowest BCUT2D eigenvalue weighted by Gasteiger charge is -2.31. The third-order valence-electron chi connectivity index (χ3n) is 11.1. The fourth-order valence-corrected chi connectivity index (χ4v) is 9.79. The number of fused-ring (bicyclic) bond motifs is 2. The summed E-state index contributed by atoms with van der Waals surface area (Å²) in [5, 5.41) is 1.64. The van der Waals surface area contributed by atoms with Gasteiger partial charge in [0.15, 0.2) is 0 Å². The van der Waals surface area contributed by atoms with E-state index in [1.54, 1.807) is 19.1 Å². The van der Waals surface area contributed by atoms with E-state index in [0.29, 0.717) is 35.3 Å². The molecule has 6 aromatic rings. The molecular formula is C52H44N3O5S+. The van der Waals surface area contributed by atoms with Crippen LogP contribution in [0.3, 0.4) is 0 Å². The molecule has 1 saturated heterocycles. The number of para-hydroxylation sites is 4. The molecule has 0 saturated carbocycles. The smallest absolute Gasteiger partial charge is 0.333 e. The Morgan fingerprint density at radius 3 is 1.82 bits per heavy atom. The van der Waals surface area contributed by atoms with Crippen LogP contribution in [-0.4, -0.2) is 37.9 Å². The summed E-state index contributed by atoms with van der Waals surface area (Å²) in [6.45, 7) is 5.72. The Morgan fingerprint density at radius 2 is 1.23 bits per heavy atom. The molecule has 0 bridgehead atoms. The average molecular weight is 823 g/mol. The second-order valence-electron chi connectivity index (χ2n) is 15.1. The molecule has 8 nitrogen and oxygen atoms in total. The summed E-state index contributed by atoms with van der Waals surface area (Å²) >= 11 is 0. The molecule has 2 heterocycles.